The van der Waals surface area contributed by atoms with Crippen molar-refractivity contribution in [2.24, 2.45) is 5.92 Å². The van der Waals surface area contributed by atoms with E-state index in [9.17, 15) is 4.79 Å². The summed E-state index contributed by atoms with van der Waals surface area (Å²) in [5.74, 6) is 1.43. The summed E-state index contributed by atoms with van der Waals surface area (Å²) in [7, 11) is 0. The Balaban J connectivity index is 1.81. The number of benzene rings is 1. The number of aromatic nitrogens is 2. The first kappa shape index (κ1) is 20.6. The van der Waals surface area contributed by atoms with Crippen molar-refractivity contribution >= 4 is 34.3 Å². The smallest absolute Gasteiger partial charge is 0.262 e. The van der Waals surface area contributed by atoms with Gasteiger partial charge in [-0.05, 0) is 38.0 Å². The van der Waals surface area contributed by atoms with E-state index in [0.717, 1.165) is 37.2 Å². The van der Waals surface area contributed by atoms with Gasteiger partial charge in [-0.1, -0.05) is 37.2 Å². The average molecular weight is 410 g/mol. The summed E-state index contributed by atoms with van der Waals surface area (Å²) in [5, 5.41) is 1.93. The minimum absolute atomic E-state index is 0.0137. The van der Waals surface area contributed by atoms with Crippen LogP contribution in [0.5, 0.6) is 0 Å². The fraction of sp³-hybridized carbons (Fsp3) is 0.600. The Labute approximate surface area is 170 Å². The highest BCUT2D eigenvalue weighted by atomic mass is 35.5. The summed E-state index contributed by atoms with van der Waals surface area (Å²) >= 11 is 7.70. The second-order valence-electron chi connectivity index (χ2n) is 7.78. The molecule has 1 aliphatic rings. The predicted octanol–water partition coefficient (Wildman–Crippen LogP) is 4.08. The molecular weight excluding hydrogens is 382 g/mol. The molecule has 1 aromatic heterocycles. The van der Waals surface area contributed by atoms with Gasteiger partial charge in [-0.2, -0.15) is 0 Å². The van der Waals surface area contributed by atoms with Crippen molar-refractivity contribution in [3.63, 3.8) is 0 Å². The van der Waals surface area contributed by atoms with Gasteiger partial charge in [-0.3, -0.25) is 14.3 Å². The first-order valence-electron chi connectivity index (χ1n) is 9.53. The van der Waals surface area contributed by atoms with Gasteiger partial charge in [0.05, 0.1) is 23.6 Å². The molecule has 2 aromatic rings. The molecule has 1 atom stereocenters. The van der Waals surface area contributed by atoms with E-state index in [1.54, 1.807) is 34.5 Å². The molecule has 0 spiro atoms. The van der Waals surface area contributed by atoms with E-state index < -0.39 is 0 Å². The van der Waals surface area contributed by atoms with Gasteiger partial charge in [-0.15, -0.1) is 0 Å². The zero-order valence-electron chi connectivity index (χ0n) is 16.4. The lowest BCUT2D eigenvalue weighted by Gasteiger charge is -2.33. The van der Waals surface area contributed by atoms with Crippen molar-refractivity contribution in [2.45, 2.75) is 45.0 Å². The molecule has 1 fully saturated rings. The van der Waals surface area contributed by atoms with Crippen LogP contribution < -0.4 is 5.56 Å². The number of morpholine rings is 1. The number of fused-ring (bicyclic) bond motifs is 1. The van der Waals surface area contributed by atoms with Crippen LogP contribution in [0.25, 0.3) is 10.9 Å². The van der Waals surface area contributed by atoms with Crippen LogP contribution in [0, 0.1) is 5.92 Å². The molecule has 148 valence electrons. The summed E-state index contributed by atoms with van der Waals surface area (Å²) in [6.07, 6.45) is 0.148. The highest BCUT2D eigenvalue weighted by Gasteiger charge is 2.22. The minimum atomic E-state index is -0.0137. The lowest BCUT2D eigenvalue weighted by atomic mass is 10.2. The molecule has 0 saturated carbocycles. The van der Waals surface area contributed by atoms with Gasteiger partial charge in [0.15, 0.2) is 5.16 Å². The van der Waals surface area contributed by atoms with E-state index in [-0.39, 0.29) is 17.7 Å². The van der Waals surface area contributed by atoms with Crippen molar-refractivity contribution in [2.75, 3.05) is 32.0 Å². The number of nitrogens with zero attached hydrogens (tertiary/aromatic N) is 3. The Morgan fingerprint density at radius 1 is 1.33 bits per heavy atom. The summed E-state index contributed by atoms with van der Waals surface area (Å²) in [5.41, 5.74) is 0.637. The largest absolute Gasteiger partial charge is 0.375 e. The molecule has 0 N–H and O–H groups in total. The van der Waals surface area contributed by atoms with Gasteiger partial charge in [-0.25, -0.2) is 4.98 Å². The molecule has 1 aliphatic heterocycles. The predicted molar refractivity (Wildman–Crippen MR) is 113 cm³/mol. The lowest BCUT2D eigenvalue weighted by Crippen LogP contribution is -2.44. The van der Waals surface area contributed by atoms with Crippen molar-refractivity contribution < 1.29 is 4.74 Å². The molecule has 0 amide bonds. The number of hydrogen-bond donors (Lipinski definition) is 0. The maximum atomic E-state index is 13.0. The van der Waals surface area contributed by atoms with Gasteiger partial charge in [0, 0.05) is 36.5 Å². The van der Waals surface area contributed by atoms with Crippen molar-refractivity contribution in [3.8, 4) is 0 Å². The third-order valence-corrected chi connectivity index (χ3v) is 5.91. The maximum absolute atomic E-state index is 13.0. The van der Waals surface area contributed by atoms with Crippen molar-refractivity contribution in [1.82, 2.24) is 14.5 Å². The SMILES string of the molecule is CC(C)CN1CCO[C@H](CSc2nc3cc(Cl)ccc3c(=O)n2C(C)C)C1. The minimum Gasteiger partial charge on any atom is -0.375 e. The monoisotopic (exact) mass is 409 g/mol. The highest BCUT2D eigenvalue weighted by molar-refractivity contribution is 7.99. The molecule has 1 saturated heterocycles. The molecule has 27 heavy (non-hydrogen) atoms. The maximum Gasteiger partial charge on any atom is 0.262 e. The van der Waals surface area contributed by atoms with Gasteiger partial charge in [0.1, 0.15) is 0 Å². The van der Waals surface area contributed by atoms with Gasteiger partial charge >= 0.3 is 0 Å². The first-order valence-corrected chi connectivity index (χ1v) is 10.9. The second kappa shape index (κ2) is 8.95. The van der Waals surface area contributed by atoms with E-state index in [2.05, 4.69) is 18.7 Å². The number of hydrogen-bond acceptors (Lipinski definition) is 5. The van der Waals surface area contributed by atoms with E-state index in [0.29, 0.717) is 21.8 Å². The van der Waals surface area contributed by atoms with Crippen molar-refractivity contribution in [1.29, 1.82) is 0 Å². The molecule has 0 bridgehead atoms. The Morgan fingerprint density at radius 2 is 2.11 bits per heavy atom. The molecule has 5 nitrogen and oxygen atoms in total. The zero-order valence-corrected chi connectivity index (χ0v) is 18.0. The van der Waals surface area contributed by atoms with Crippen LogP contribution in [0.1, 0.15) is 33.7 Å². The molecule has 1 aromatic carbocycles. The number of rotatable bonds is 6. The average Bonchev–Trinajstić information content (AvgIpc) is 2.59. The zero-order chi connectivity index (χ0) is 19.6. The van der Waals surface area contributed by atoms with Crippen LogP contribution in [-0.2, 0) is 4.74 Å². The number of ether oxygens (including phenoxy) is 1. The van der Waals surface area contributed by atoms with Crippen LogP contribution in [0.3, 0.4) is 0 Å². The summed E-state index contributed by atoms with van der Waals surface area (Å²) in [4.78, 5) is 20.2. The van der Waals surface area contributed by atoms with Crippen LogP contribution in [0.15, 0.2) is 28.2 Å². The van der Waals surface area contributed by atoms with Crippen molar-refractivity contribution in [3.05, 3.63) is 33.6 Å². The molecule has 0 aliphatic carbocycles. The summed E-state index contributed by atoms with van der Waals surface area (Å²) in [6, 6.07) is 5.30. The van der Waals surface area contributed by atoms with Gasteiger partial charge in [0.25, 0.3) is 5.56 Å². The van der Waals surface area contributed by atoms with Crippen LogP contribution in [0.4, 0.5) is 0 Å². The molecule has 0 radical (unpaired) electrons. The second-order valence-corrected chi connectivity index (χ2v) is 9.21. The third-order valence-electron chi connectivity index (χ3n) is 4.59. The normalized spacial score (nSPS) is 18.7. The third kappa shape index (κ3) is 5.05. The number of thioether (sulfide) groups is 1. The van der Waals surface area contributed by atoms with Crippen LogP contribution >= 0.6 is 23.4 Å². The van der Waals surface area contributed by atoms with E-state index in [1.165, 1.54) is 0 Å². The summed E-state index contributed by atoms with van der Waals surface area (Å²) in [6.45, 7) is 12.3. The Morgan fingerprint density at radius 3 is 2.81 bits per heavy atom. The van der Waals surface area contributed by atoms with E-state index >= 15 is 0 Å². The topological polar surface area (TPSA) is 47.4 Å². The lowest BCUT2D eigenvalue weighted by molar-refractivity contribution is -0.0191. The van der Waals surface area contributed by atoms with Gasteiger partial charge in [0.2, 0.25) is 0 Å². The molecule has 7 heteroatoms. The van der Waals surface area contributed by atoms with Crippen LogP contribution in [0.2, 0.25) is 5.02 Å². The first-order chi connectivity index (χ1) is 12.8. The Bertz CT molecular complexity index is 853. The Kier molecular flexibility index (Phi) is 6.84. The fourth-order valence-corrected chi connectivity index (χ4v) is 4.74. The van der Waals surface area contributed by atoms with E-state index in [4.69, 9.17) is 21.3 Å². The summed E-state index contributed by atoms with van der Waals surface area (Å²) < 4.78 is 7.72. The highest BCUT2D eigenvalue weighted by Crippen LogP contribution is 2.24. The fourth-order valence-electron chi connectivity index (χ4n) is 3.44. The number of halogens is 1. The Hall–Kier alpha value is -1.08. The quantitative estimate of drug-likeness (QED) is 0.531. The van der Waals surface area contributed by atoms with Crippen LogP contribution in [-0.4, -0.2) is 52.5 Å². The standard InChI is InChI=1S/C20H28ClN3O2S/c1-13(2)10-23-7-8-26-16(11-23)12-27-20-22-18-9-15(21)5-6-17(18)19(25)24(20)14(3)4/h5-6,9,13-14,16H,7-8,10-12H2,1-4H3/t16-/m0/s1. The molecule has 2 heterocycles. The molecule has 3 rings (SSSR count). The molecular formula is C20H28ClN3O2S. The van der Waals surface area contributed by atoms with E-state index in [1.807, 2.05) is 13.8 Å². The van der Waals surface area contributed by atoms with Gasteiger partial charge < -0.3 is 4.74 Å². The molecule has 0 unspecified atom stereocenters.